The third kappa shape index (κ3) is 11.4. The molecule has 12 heteroatoms. The fourth-order valence-electron chi connectivity index (χ4n) is 3.03. The molecule has 0 saturated heterocycles. The smallest absolute Gasteiger partial charge is 0.480 e. The average Bonchev–Trinajstić information content (AvgIpc) is 2.82. The van der Waals surface area contributed by atoms with Crippen LogP contribution in [0.3, 0.4) is 0 Å². The molecule has 3 N–H and O–H groups in total. The summed E-state index contributed by atoms with van der Waals surface area (Å²) < 4.78 is 30.3. The van der Waals surface area contributed by atoms with E-state index in [0.29, 0.717) is 24.8 Å². The minimum atomic E-state index is -1.86. The first kappa shape index (κ1) is 31.5. The Bertz CT molecular complexity index is 920. The summed E-state index contributed by atoms with van der Waals surface area (Å²) in [5, 5.41) is 9.84. The minimum absolute atomic E-state index is 0.107. The van der Waals surface area contributed by atoms with Crippen LogP contribution in [0.2, 0.25) is 0 Å². The van der Waals surface area contributed by atoms with Crippen molar-refractivity contribution in [2.75, 3.05) is 13.2 Å². The summed E-state index contributed by atoms with van der Waals surface area (Å²) in [5.41, 5.74) is 4.68. The predicted octanol–water partition coefficient (Wildman–Crippen LogP) is 4.59. The molecular weight excluding hydrogens is 490 g/mol. The summed E-state index contributed by atoms with van der Waals surface area (Å²) in [4.78, 5) is 47.9. The Balaban J connectivity index is 3.11. The van der Waals surface area contributed by atoms with Gasteiger partial charge in [-0.15, -0.1) is 0 Å². The molecule has 0 aromatic heterocycles. The van der Waals surface area contributed by atoms with Crippen molar-refractivity contribution in [2.24, 2.45) is 5.73 Å². The molecule has 1 aromatic carbocycles. The molecule has 0 aliphatic rings. The van der Waals surface area contributed by atoms with E-state index in [1.165, 1.54) is 25.1 Å². The molecule has 0 bridgehead atoms. The molecule has 0 saturated carbocycles. The molecule has 2 unspecified atom stereocenters. The molecule has 3 atom stereocenters. The van der Waals surface area contributed by atoms with Gasteiger partial charge in [-0.3, -0.25) is 4.79 Å². The van der Waals surface area contributed by atoms with Gasteiger partial charge in [0.15, 0.2) is 11.5 Å². The number of carbonyl (C=O) groups is 4. The van der Waals surface area contributed by atoms with Gasteiger partial charge < -0.3 is 39.3 Å². The van der Waals surface area contributed by atoms with E-state index >= 15 is 0 Å². The van der Waals surface area contributed by atoms with Crippen LogP contribution in [0.1, 0.15) is 65.9 Å². The van der Waals surface area contributed by atoms with Gasteiger partial charge in [0.2, 0.25) is 0 Å². The Morgan fingerprint density at radius 2 is 1.41 bits per heavy atom. The van der Waals surface area contributed by atoms with Crippen molar-refractivity contribution in [1.29, 1.82) is 0 Å². The molecule has 0 aliphatic heterocycles. The second kappa shape index (κ2) is 15.5. The van der Waals surface area contributed by atoms with E-state index in [-0.39, 0.29) is 43.7 Å². The van der Waals surface area contributed by atoms with Crippen molar-refractivity contribution in [3.63, 3.8) is 0 Å². The minimum Gasteiger partial charge on any atom is -0.480 e. The van der Waals surface area contributed by atoms with E-state index in [9.17, 15) is 24.3 Å². The Morgan fingerprint density at radius 1 is 0.865 bits per heavy atom. The highest BCUT2D eigenvalue weighted by molar-refractivity contribution is 5.79. The van der Waals surface area contributed by atoms with Crippen LogP contribution in [0.5, 0.6) is 11.5 Å². The Hall–Kier alpha value is -3.54. The monoisotopic (exact) mass is 527 g/mol. The number of hydrogen-bond donors (Lipinski definition) is 2. The fourth-order valence-corrected chi connectivity index (χ4v) is 3.03. The molecule has 12 nitrogen and oxygen atoms in total. The van der Waals surface area contributed by atoms with Crippen LogP contribution in [0.4, 0.5) is 14.4 Å². The Labute approximate surface area is 216 Å². The maximum absolute atomic E-state index is 12.1. The number of nitrogens with two attached hydrogens (primary N) is 1. The Morgan fingerprint density at radius 3 is 1.92 bits per heavy atom. The van der Waals surface area contributed by atoms with E-state index in [1.54, 1.807) is 13.8 Å². The summed E-state index contributed by atoms with van der Waals surface area (Å²) in [6.07, 6.45) is -2.96. The molecule has 37 heavy (non-hydrogen) atoms. The van der Waals surface area contributed by atoms with E-state index in [4.69, 9.17) is 34.2 Å². The quantitative estimate of drug-likeness (QED) is 0.196. The van der Waals surface area contributed by atoms with Crippen molar-refractivity contribution in [1.82, 2.24) is 0 Å². The molecular formula is C25H37NO11. The van der Waals surface area contributed by atoms with Gasteiger partial charge in [0.1, 0.15) is 17.7 Å². The van der Waals surface area contributed by atoms with E-state index < -0.39 is 36.1 Å². The second-order valence-electron chi connectivity index (χ2n) is 8.54. The molecule has 0 fully saturated rings. The van der Waals surface area contributed by atoms with E-state index in [1.807, 2.05) is 13.8 Å². The normalized spacial score (nSPS) is 13.9. The van der Waals surface area contributed by atoms with Crippen LogP contribution in [-0.2, 0) is 30.2 Å². The van der Waals surface area contributed by atoms with Gasteiger partial charge in [-0.1, -0.05) is 26.8 Å². The maximum Gasteiger partial charge on any atom is 0.513 e. The molecule has 0 spiro atoms. The van der Waals surface area contributed by atoms with Gasteiger partial charge in [0, 0.05) is 12.8 Å². The van der Waals surface area contributed by atoms with Gasteiger partial charge in [-0.05, 0) is 50.8 Å². The maximum atomic E-state index is 12.1. The first-order chi connectivity index (χ1) is 17.4. The lowest BCUT2D eigenvalue weighted by atomic mass is 9.86. The fraction of sp³-hybridized carbons (Fsp3) is 0.600. The number of rotatable bonds is 14. The number of aliphatic carboxylic acids is 1. The molecule has 0 radical (unpaired) electrons. The Kier molecular flexibility index (Phi) is 13.2. The van der Waals surface area contributed by atoms with Crippen molar-refractivity contribution in [3.8, 4) is 11.5 Å². The number of ether oxygens (including phenoxy) is 6. The zero-order chi connectivity index (χ0) is 28.0. The van der Waals surface area contributed by atoms with Crippen LogP contribution in [0, 0.1) is 0 Å². The van der Waals surface area contributed by atoms with Gasteiger partial charge in [-0.2, -0.15) is 0 Å². The first-order valence-corrected chi connectivity index (χ1v) is 12.2. The number of carboxylic acid groups (broad SMARTS) is 1. The molecule has 0 aliphatic carbocycles. The highest BCUT2D eigenvalue weighted by atomic mass is 16.7. The number of hydrogen-bond acceptors (Lipinski definition) is 11. The van der Waals surface area contributed by atoms with Crippen molar-refractivity contribution < 1.29 is 52.7 Å². The van der Waals surface area contributed by atoms with Gasteiger partial charge >= 0.3 is 24.4 Å². The lowest BCUT2D eigenvalue weighted by molar-refractivity contribution is -0.144. The summed E-state index contributed by atoms with van der Waals surface area (Å²) in [5.74, 6) is -1.67. The zero-order valence-corrected chi connectivity index (χ0v) is 21.9. The summed E-state index contributed by atoms with van der Waals surface area (Å²) in [6.45, 7) is 8.88. The molecule has 0 heterocycles. The summed E-state index contributed by atoms with van der Waals surface area (Å²) in [7, 11) is 0. The van der Waals surface area contributed by atoms with Crippen LogP contribution >= 0.6 is 0 Å². The number of carboxylic acids is 1. The highest BCUT2D eigenvalue weighted by Gasteiger charge is 2.37. The molecule has 0 amide bonds. The largest absolute Gasteiger partial charge is 0.513 e. The van der Waals surface area contributed by atoms with Crippen LogP contribution < -0.4 is 15.2 Å². The topological polar surface area (TPSA) is 170 Å². The number of carbonyl (C=O) groups excluding carboxylic acids is 3. The van der Waals surface area contributed by atoms with Crippen LogP contribution in [0.25, 0.3) is 0 Å². The van der Waals surface area contributed by atoms with E-state index in [0.717, 1.165) is 0 Å². The predicted molar refractivity (Wildman–Crippen MR) is 131 cm³/mol. The summed E-state index contributed by atoms with van der Waals surface area (Å²) >= 11 is 0. The molecule has 1 aromatic rings. The lowest BCUT2D eigenvalue weighted by Gasteiger charge is -2.28. The number of benzene rings is 1. The zero-order valence-electron chi connectivity index (χ0n) is 21.9. The third-order valence-electron chi connectivity index (χ3n) is 5.01. The summed E-state index contributed by atoms with van der Waals surface area (Å²) in [6, 6.07) is 4.08. The van der Waals surface area contributed by atoms with Crippen LogP contribution in [-0.4, -0.2) is 60.5 Å². The van der Waals surface area contributed by atoms with Gasteiger partial charge in [0.25, 0.3) is 0 Å². The highest BCUT2D eigenvalue weighted by Crippen LogP contribution is 2.31. The second-order valence-corrected chi connectivity index (χ2v) is 8.54. The van der Waals surface area contributed by atoms with Gasteiger partial charge in [-0.25, -0.2) is 14.4 Å². The van der Waals surface area contributed by atoms with Gasteiger partial charge in [0.05, 0.1) is 13.2 Å². The molecule has 1 rings (SSSR count). The average molecular weight is 528 g/mol. The van der Waals surface area contributed by atoms with Crippen molar-refractivity contribution >= 4 is 24.4 Å². The lowest BCUT2D eigenvalue weighted by Crippen LogP contribution is -2.52. The third-order valence-corrected chi connectivity index (χ3v) is 5.01. The molecule has 208 valence electrons. The van der Waals surface area contributed by atoms with Crippen molar-refractivity contribution in [3.05, 3.63) is 23.8 Å². The van der Waals surface area contributed by atoms with Crippen molar-refractivity contribution in [2.45, 2.75) is 84.5 Å². The van der Waals surface area contributed by atoms with Crippen LogP contribution in [0.15, 0.2) is 18.2 Å². The van der Waals surface area contributed by atoms with E-state index in [2.05, 4.69) is 0 Å². The standard InChI is InChI=1S/C25H37NO11/c1-6-11-32-22(29)36-19-10-9-18(13-20(19)37-23(30)33-12-7-2)15-25(26,21(27)28)14-17(5)35-24(31)34-16(4)8-3/h9-10,13,16-17H,6-8,11-12,14-15,26H2,1-5H3,(H,27,28)/t16?,17-,25?/m0/s1. The first-order valence-electron chi connectivity index (χ1n) is 12.2. The SMILES string of the molecule is CCCOC(=O)Oc1ccc(CC(N)(C[C@H](C)OC(=O)OC(C)CC)C(=O)O)cc1OC(=O)OCCC.